The first-order valence-electron chi connectivity index (χ1n) is 5.43. The molecule has 84 valence electrons. The summed E-state index contributed by atoms with van der Waals surface area (Å²) in [5.41, 5.74) is 5.56. The number of nitrogens with two attached hydrogens (primary N) is 1. The summed E-state index contributed by atoms with van der Waals surface area (Å²) in [6.07, 6.45) is 1.30. The van der Waals surface area contributed by atoms with Gasteiger partial charge >= 0.3 is 0 Å². The van der Waals surface area contributed by atoms with Crippen molar-refractivity contribution >= 4 is 22.6 Å². The largest absolute Gasteiger partial charge is 0.367 e. The predicted octanol–water partition coefficient (Wildman–Crippen LogP) is 1.99. The Balaban J connectivity index is 2.20. The zero-order valence-corrected chi connectivity index (χ0v) is 10.3. The van der Waals surface area contributed by atoms with Gasteiger partial charge in [0.2, 0.25) is 11.1 Å². The summed E-state index contributed by atoms with van der Waals surface area (Å²) < 4.78 is 4.04. The minimum atomic E-state index is 0.396. The normalized spacial score (nSPS) is 31.9. The van der Waals surface area contributed by atoms with Crippen LogP contribution in [-0.2, 0) is 0 Å². The average Bonchev–Trinajstić information content (AvgIpc) is 2.58. The highest BCUT2D eigenvalue weighted by molar-refractivity contribution is 7.09. The van der Waals surface area contributed by atoms with Gasteiger partial charge < -0.3 is 10.6 Å². The Morgan fingerprint density at radius 1 is 1.40 bits per heavy atom. The quantitative estimate of drug-likeness (QED) is 0.795. The number of hydrogen-bond donors (Lipinski definition) is 1. The van der Waals surface area contributed by atoms with Gasteiger partial charge in [-0.3, -0.25) is 0 Å². The van der Waals surface area contributed by atoms with Crippen LogP contribution in [0.5, 0.6) is 0 Å². The van der Waals surface area contributed by atoms with Crippen molar-refractivity contribution in [3.8, 4) is 0 Å². The van der Waals surface area contributed by atoms with E-state index in [0.717, 1.165) is 17.6 Å². The number of anilines is 2. The maximum absolute atomic E-state index is 5.56. The molecule has 1 fully saturated rings. The van der Waals surface area contributed by atoms with Gasteiger partial charge in [0.05, 0.1) is 0 Å². The lowest BCUT2D eigenvalue weighted by Crippen LogP contribution is -2.45. The molecule has 4 nitrogen and oxygen atoms in total. The lowest BCUT2D eigenvalue weighted by atomic mass is 9.86. The Hall–Kier alpha value is -0.840. The number of nitrogens with zero attached hydrogens (tertiary/aromatic N) is 3. The van der Waals surface area contributed by atoms with E-state index < -0.39 is 0 Å². The van der Waals surface area contributed by atoms with Crippen LogP contribution in [0.4, 0.5) is 11.1 Å². The second-order valence-electron chi connectivity index (χ2n) is 4.65. The van der Waals surface area contributed by atoms with Crippen molar-refractivity contribution in [3.63, 3.8) is 0 Å². The second kappa shape index (κ2) is 3.96. The smallest absolute Gasteiger partial charge is 0.233 e. The molecule has 2 heterocycles. The Morgan fingerprint density at radius 3 is 2.73 bits per heavy atom. The van der Waals surface area contributed by atoms with Gasteiger partial charge in [0, 0.05) is 24.1 Å². The van der Waals surface area contributed by atoms with E-state index in [9.17, 15) is 0 Å². The molecule has 0 amide bonds. The van der Waals surface area contributed by atoms with Crippen LogP contribution in [0.2, 0.25) is 0 Å². The van der Waals surface area contributed by atoms with Crippen molar-refractivity contribution in [2.24, 2.45) is 11.8 Å². The van der Waals surface area contributed by atoms with Gasteiger partial charge in [-0.1, -0.05) is 13.8 Å². The second-order valence-corrected chi connectivity index (χ2v) is 5.38. The van der Waals surface area contributed by atoms with Gasteiger partial charge in [0.25, 0.3) is 0 Å². The highest BCUT2D eigenvalue weighted by Gasteiger charge is 2.30. The first-order valence-corrected chi connectivity index (χ1v) is 6.21. The molecule has 0 spiro atoms. The first-order chi connectivity index (χ1) is 7.08. The molecular formula is C10H18N4S. The molecule has 0 bridgehead atoms. The van der Waals surface area contributed by atoms with Crippen LogP contribution in [0, 0.1) is 11.8 Å². The summed E-state index contributed by atoms with van der Waals surface area (Å²) in [4.78, 5) is 6.60. The summed E-state index contributed by atoms with van der Waals surface area (Å²) in [5, 5.41) is 0.971. The third-order valence-electron chi connectivity index (χ3n) is 3.27. The van der Waals surface area contributed by atoms with E-state index in [4.69, 9.17) is 5.73 Å². The van der Waals surface area contributed by atoms with Crippen LogP contribution in [0.15, 0.2) is 0 Å². The molecule has 1 saturated heterocycles. The zero-order chi connectivity index (χ0) is 11.0. The van der Waals surface area contributed by atoms with Gasteiger partial charge in [-0.25, -0.2) is 0 Å². The van der Waals surface area contributed by atoms with Crippen LogP contribution in [0.25, 0.3) is 0 Å². The van der Waals surface area contributed by atoms with E-state index in [1.807, 2.05) is 0 Å². The average molecular weight is 226 g/mol. The highest BCUT2D eigenvalue weighted by atomic mass is 32.1. The summed E-state index contributed by atoms with van der Waals surface area (Å²) in [6.45, 7) is 7.92. The fraction of sp³-hybridized carbons (Fsp3) is 0.800. The van der Waals surface area contributed by atoms with Gasteiger partial charge in [0.15, 0.2) is 0 Å². The van der Waals surface area contributed by atoms with Crippen molar-refractivity contribution in [3.05, 3.63) is 0 Å². The fourth-order valence-corrected chi connectivity index (χ4v) is 3.01. The van der Waals surface area contributed by atoms with Crippen LogP contribution >= 0.6 is 11.5 Å². The lowest BCUT2D eigenvalue weighted by Gasteiger charge is -2.40. The van der Waals surface area contributed by atoms with Crippen LogP contribution < -0.4 is 10.6 Å². The SMILES string of the molecule is CC1CC(C)C(C)N(c2nc(N)ns2)C1. The zero-order valence-electron chi connectivity index (χ0n) is 9.47. The first kappa shape index (κ1) is 10.7. The topological polar surface area (TPSA) is 55.0 Å². The minimum absolute atomic E-state index is 0.396. The van der Waals surface area contributed by atoms with Crippen molar-refractivity contribution in [1.82, 2.24) is 9.36 Å². The molecule has 1 aromatic heterocycles. The fourth-order valence-electron chi connectivity index (χ4n) is 2.31. The molecule has 0 aromatic carbocycles. The Morgan fingerprint density at radius 2 is 2.13 bits per heavy atom. The molecule has 2 rings (SSSR count). The van der Waals surface area contributed by atoms with Gasteiger partial charge in [-0.05, 0) is 25.2 Å². The molecule has 2 N–H and O–H groups in total. The van der Waals surface area contributed by atoms with Crippen LogP contribution in [0.1, 0.15) is 27.2 Å². The predicted molar refractivity (Wildman–Crippen MR) is 64.1 cm³/mol. The monoisotopic (exact) mass is 226 g/mol. The van der Waals surface area contributed by atoms with E-state index >= 15 is 0 Å². The molecule has 3 atom stereocenters. The van der Waals surface area contributed by atoms with E-state index in [2.05, 4.69) is 35.0 Å². The Bertz CT molecular complexity index is 338. The molecule has 3 unspecified atom stereocenters. The summed E-state index contributed by atoms with van der Waals surface area (Å²) in [7, 11) is 0. The Labute approximate surface area is 94.7 Å². The molecule has 1 aliphatic heterocycles. The standard InChI is InChI=1S/C10H18N4S/c1-6-4-7(2)8(3)14(5-6)10-12-9(11)13-15-10/h6-8H,4-5H2,1-3H3,(H2,11,13). The summed E-state index contributed by atoms with van der Waals surface area (Å²) in [5.74, 6) is 1.83. The molecule has 1 aliphatic rings. The third-order valence-corrected chi connectivity index (χ3v) is 4.04. The van der Waals surface area contributed by atoms with Crippen molar-refractivity contribution in [2.75, 3.05) is 17.2 Å². The molecule has 0 saturated carbocycles. The number of nitrogen functional groups attached to an aromatic ring is 1. The van der Waals surface area contributed by atoms with Gasteiger partial charge in [-0.2, -0.15) is 9.36 Å². The Kier molecular flexibility index (Phi) is 2.82. The maximum atomic E-state index is 5.56. The van der Waals surface area contributed by atoms with E-state index in [1.165, 1.54) is 18.0 Å². The van der Waals surface area contributed by atoms with E-state index in [0.29, 0.717) is 17.9 Å². The van der Waals surface area contributed by atoms with Gasteiger partial charge in [0.1, 0.15) is 0 Å². The van der Waals surface area contributed by atoms with E-state index in [-0.39, 0.29) is 0 Å². The number of aromatic nitrogens is 2. The molecule has 0 radical (unpaired) electrons. The maximum Gasteiger partial charge on any atom is 0.233 e. The molecule has 0 aliphatic carbocycles. The van der Waals surface area contributed by atoms with Crippen molar-refractivity contribution < 1.29 is 0 Å². The lowest BCUT2D eigenvalue weighted by molar-refractivity contribution is 0.297. The molecule has 5 heteroatoms. The minimum Gasteiger partial charge on any atom is -0.367 e. The van der Waals surface area contributed by atoms with Gasteiger partial charge in [-0.15, -0.1) is 0 Å². The van der Waals surface area contributed by atoms with Crippen molar-refractivity contribution in [1.29, 1.82) is 0 Å². The van der Waals surface area contributed by atoms with Crippen LogP contribution in [0.3, 0.4) is 0 Å². The third kappa shape index (κ3) is 2.07. The highest BCUT2D eigenvalue weighted by Crippen LogP contribution is 2.32. The number of piperidine rings is 1. The van der Waals surface area contributed by atoms with Crippen molar-refractivity contribution in [2.45, 2.75) is 33.2 Å². The van der Waals surface area contributed by atoms with E-state index in [1.54, 1.807) is 0 Å². The number of rotatable bonds is 1. The van der Waals surface area contributed by atoms with Crippen LogP contribution in [-0.4, -0.2) is 21.9 Å². The molecular weight excluding hydrogens is 208 g/mol. The molecule has 1 aromatic rings. The summed E-state index contributed by atoms with van der Waals surface area (Å²) >= 11 is 1.40. The summed E-state index contributed by atoms with van der Waals surface area (Å²) in [6, 6.07) is 0.536. The molecule has 15 heavy (non-hydrogen) atoms. The number of hydrogen-bond acceptors (Lipinski definition) is 5.